The van der Waals surface area contributed by atoms with Gasteiger partial charge < -0.3 is 15.5 Å². The second-order valence-corrected chi connectivity index (χ2v) is 7.15. The molecule has 1 aliphatic heterocycles. The van der Waals surface area contributed by atoms with E-state index in [0.29, 0.717) is 11.3 Å². The number of ketones is 1. The standard InChI is InChI=1S/C21H22F3N3O2/c1-27-11-9-14(10-12-27)19(28)15-5-4-6-16(13-15)25-20(29)26-18-8-3-2-7-17(18)21(22,23)24/h2-8,13-14H,9-12H2,1H3,(H2,25,26,29). The van der Waals surface area contributed by atoms with Gasteiger partial charge in [-0.05, 0) is 57.2 Å². The number of carbonyl (C=O) groups is 2. The number of piperidine rings is 1. The Morgan fingerprint density at radius 2 is 1.69 bits per heavy atom. The van der Waals surface area contributed by atoms with E-state index < -0.39 is 17.8 Å². The van der Waals surface area contributed by atoms with Crippen molar-refractivity contribution >= 4 is 23.2 Å². The van der Waals surface area contributed by atoms with Gasteiger partial charge >= 0.3 is 12.2 Å². The number of benzene rings is 2. The monoisotopic (exact) mass is 405 g/mol. The smallest absolute Gasteiger partial charge is 0.308 e. The zero-order valence-corrected chi connectivity index (χ0v) is 15.9. The molecule has 154 valence electrons. The molecule has 1 fully saturated rings. The number of nitrogens with one attached hydrogen (secondary N) is 2. The SMILES string of the molecule is CN1CCC(C(=O)c2cccc(NC(=O)Nc3ccccc3C(F)(F)F)c2)CC1. The lowest BCUT2D eigenvalue weighted by Gasteiger charge is -2.28. The second kappa shape index (κ2) is 8.65. The molecular weight excluding hydrogens is 383 g/mol. The minimum Gasteiger partial charge on any atom is -0.308 e. The maximum absolute atomic E-state index is 13.1. The fourth-order valence-corrected chi connectivity index (χ4v) is 3.38. The fraction of sp³-hybridized carbons (Fsp3) is 0.333. The number of likely N-dealkylation sites (tertiary alicyclic amines) is 1. The van der Waals surface area contributed by atoms with Gasteiger partial charge in [0.1, 0.15) is 0 Å². The average molecular weight is 405 g/mol. The molecule has 0 atom stereocenters. The van der Waals surface area contributed by atoms with Crippen molar-refractivity contribution in [2.45, 2.75) is 19.0 Å². The second-order valence-electron chi connectivity index (χ2n) is 7.15. The molecule has 29 heavy (non-hydrogen) atoms. The van der Waals surface area contributed by atoms with E-state index in [-0.39, 0.29) is 17.4 Å². The van der Waals surface area contributed by atoms with Crippen LogP contribution in [0.5, 0.6) is 0 Å². The Kier molecular flexibility index (Phi) is 6.22. The molecule has 3 rings (SSSR count). The van der Waals surface area contributed by atoms with E-state index in [1.165, 1.54) is 18.2 Å². The lowest BCUT2D eigenvalue weighted by Crippen LogP contribution is -2.33. The Morgan fingerprint density at radius 1 is 1.00 bits per heavy atom. The number of hydrogen-bond acceptors (Lipinski definition) is 3. The van der Waals surface area contributed by atoms with Crippen LogP contribution in [0, 0.1) is 5.92 Å². The van der Waals surface area contributed by atoms with E-state index in [4.69, 9.17) is 0 Å². The van der Waals surface area contributed by atoms with Crippen molar-refractivity contribution in [3.63, 3.8) is 0 Å². The molecule has 0 aliphatic carbocycles. The van der Waals surface area contributed by atoms with Gasteiger partial charge in [-0.3, -0.25) is 4.79 Å². The number of anilines is 2. The maximum atomic E-state index is 13.1. The number of amides is 2. The van der Waals surface area contributed by atoms with Crippen LogP contribution in [0.4, 0.5) is 29.3 Å². The molecule has 2 N–H and O–H groups in total. The van der Waals surface area contributed by atoms with Crippen molar-refractivity contribution in [2.75, 3.05) is 30.8 Å². The van der Waals surface area contributed by atoms with E-state index in [0.717, 1.165) is 32.0 Å². The summed E-state index contributed by atoms with van der Waals surface area (Å²) in [5.74, 6) is -0.0430. The molecule has 0 unspecified atom stereocenters. The van der Waals surface area contributed by atoms with Crippen molar-refractivity contribution < 1.29 is 22.8 Å². The highest BCUT2D eigenvalue weighted by molar-refractivity contribution is 6.02. The summed E-state index contributed by atoms with van der Waals surface area (Å²) in [6.07, 6.45) is -3.02. The van der Waals surface area contributed by atoms with Gasteiger partial charge in [0.2, 0.25) is 0 Å². The van der Waals surface area contributed by atoms with Crippen molar-refractivity contribution in [3.05, 3.63) is 59.7 Å². The third-order valence-electron chi connectivity index (χ3n) is 4.97. The topological polar surface area (TPSA) is 61.4 Å². The van der Waals surface area contributed by atoms with Gasteiger partial charge in [0.25, 0.3) is 0 Å². The number of rotatable bonds is 4. The highest BCUT2D eigenvalue weighted by atomic mass is 19.4. The van der Waals surface area contributed by atoms with Crippen LogP contribution in [-0.2, 0) is 6.18 Å². The number of halogens is 3. The van der Waals surface area contributed by atoms with Crippen LogP contribution < -0.4 is 10.6 Å². The number of urea groups is 1. The minimum atomic E-state index is -4.58. The van der Waals surface area contributed by atoms with Gasteiger partial charge in [-0.2, -0.15) is 13.2 Å². The lowest BCUT2D eigenvalue weighted by molar-refractivity contribution is -0.136. The van der Waals surface area contributed by atoms with Crippen LogP contribution in [0.1, 0.15) is 28.8 Å². The van der Waals surface area contributed by atoms with E-state index >= 15 is 0 Å². The van der Waals surface area contributed by atoms with Gasteiger partial charge in [0, 0.05) is 17.2 Å². The number of hydrogen-bond donors (Lipinski definition) is 2. The van der Waals surface area contributed by atoms with Crippen molar-refractivity contribution in [2.24, 2.45) is 5.92 Å². The first kappa shape index (κ1) is 20.9. The quantitative estimate of drug-likeness (QED) is 0.713. The van der Waals surface area contributed by atoms with Crippen LogP contribution in [0.25, 0.3) is 0 Å². The Morgan fingerprint density at radius 3 is 2.38 bits per heavy atom. The Balaban J connectivity index is 1.68. The molecule has 8 heteroatoms. The van der Waals surface area contributed by atoms with E-state index in [1.807, 2.05) is 7.05 Å². The number of nitrogens with zero attached hydrogens (tertiary/aromatic N) is 1. The van der Waals surface area contributed by atoms with Gasteiger partial charge in [0.15, 0.2) is 5.78 Å². The van der Waals surface area contributed by atoms with Gasteiger partial charge in [-0.15, -0.1) is 0 Å². The molecule has 2 amide bonds. The van der Waals surface area contributed by atoms with Crippen molar-refractivity contribution in [3.8, 4) is 0 Å². The minimum absolute atomic E-state index is 0.0181. The van der Waals surface area contributed by atoms with Gasteiger partial charge in [-0.25, -0.2) is 4.79 Å². The summed E-state index contributed by atoms with van der Waals surface area (Å²) in [4.78, 5) is 27.1. The number of alkyl halides is 3. The predicted molar refractivity (Wildman–Crippen MR) is 105 cm³/mol. The normalized spacial score (nSPS) is 15.7. The van der Waals surface area contributed by atoms with Gasteiger partial charge in [0.05, 0.1) is 11.3 Å². The molecule has 0 saturated carbocycles. The first-order valence-corrected chi connectivity index (χ1v) is 9.31. The highest BCUT2D eigenvalue weighted by Crippen LogP contribution is 2.34. The molecule has 1 saturated heterocycles. The molecule has 0 radical (unpaired) electrons. The van der Waals surface area contributed by atoms with Crippen LogP contribution in [0.15, 0.2) is 48.5 Å². The largest absolute Gasteiger partial charge is 0.418 e. The molecule has 0 bridgehead atoms. The van der Waals surface area contributed by atoms with E-state index in [9.17, 15) is 22.8 Å². The Bertz CT molecular complexity index is 891. The average Bonchev–Trinajstić information content (AvgIpc) is 2.68. The summed E-state index contributed by atoms with van der Waals surface area (Å²) in [6, 6.07) is 10.4. The zero-order chi connectivity index (χ0) is 21.0. The first-order chi connectivity index (χ1) is 13.7. The molecule has 0 aromatic heterocycles. The summed E-state index contributed by atoms with van der Waals surface area (Å²) in [5.41, 5.74) is -0.448. The lowest BCUT2D eigenvalue weighted by atomic mass is 9.89. The number of para-hydroxylation sites is 1. The molecule has 5 nitrogen and oxygen atoms in total. The maximum Gasteiger partial charge on any atom is 0.418 e. The molecule has 1 heterocycles. The predicted octanol–water partition coefficient (Wildman–Crippen LogP) is 4.87. The third-order valence-corrected chi connectivity index (χ3v) is 4.97. The van der Waals surface area contributed by atoms with Crippen LogP contribution in [-0.4, -0.2) is 36.9 Å². The van der Waals surface area contributed by atoms with Crippen molar-refractivity contribution in [1.82, 2.24) is 4.90 Å². The van der Waals surface area contributed by atoms with E-state index in [2.05, 4.69) is 15.5 Å². The molecule has 2 aromatic rings. The third kappa shape index (κ3) is 5.35. The number of carbonyl (C=O) groups excluding carboxylic acids is 2. The fourth-order valence-electron chi connectivity index (χ4n) is 3.38. The van der Waals surface area contributed by atoms with E-state index in [1.54, 1.807) is 24.3 Å². The number of Topliss-reactive ketones (excluding diaryl/α,β-unsaturated/α-hetero) is 1. The summed E-state index contributed by atoms with van der Waals surface area (Å²) in [5, 5.41) is 4.72. The molecule has 0 spiro atoms. The summed E-state index contributed by atoms with van der Waals surface area (Å²) >= 11 is 0. The Labute approximate surface area is 166 Å². The highest BCUT2D eigenvalue weighted by Gasteiger charge is 2.33. The Hall–Kier alpha value is -2.87. The summed E-state index contributed by atoms with van der Waals surface area (Å²) in [6.45, 7) is 1.71. The van der Waals surface area contributed by atoms with Crippen molar-refractivity contribution in [1.29, 1.82) is 0 Å². The van der Waals surface area contributed by atoms with Crippen LogP contribution in [0.2, 0.25) is 0 Å². The zero-order valence-electron chi connectivity index (χ0n) is 15.9. The summed E-state index contributed by atoms with van der Waals surface area (Å²) < 4.78 is 39.2. The molecular formula is C21H22F3N3O2. The van der Waals surface area contributed by atoms with Gasteiger partial charge in [-0.1, -0.05) is 24.3 Å². The van der Waals surface area contributed by atoms with Crippen LogP contribution >= 0.6 is 0 Å². The first-order valence-electron chi connectivity index (χ1n) is 9.31. The molecule has 2 aromatic carbocycles. The summed E-state index contributed by atoms with van der Waals surface area (Å²) in [7, 11) is 2.01. The van der Waals surface area contributed by atoms with Crippen LogP contribution in [0.3, 0.4) is 0 Å². The molecule has 1 aliphatic rings.